The number of rotatable bonds is 2. The van der Waals surface area contributed by atoms with E-state index in [0.717, 1.165) is 85.8 Å². The summed E-state index contributed by atoms with van der Waals surface area (Å²) in [4.78, 5) is 18.7. The molecule has 1 saturated heterocycles. The van der Waals surface area contributed by atoms with Crippen molar-refractivity contribution in [3.63, 3.8) is 0 Å². The molecule has 0 bridgehead atoms. The largest absolute Gasteiger partial charge is 0.355 e. The van der Waals surface area contributed by atoms with Gasteiger partial charge in [-0.05, 0) is 72.9 Å². The average molecular weight is 471 g/mol. The molecule has 0 radical (unpaired) electrons. The molecule has 1 aliphatic carbocycles. The number of aryl methyl sites for hydroxylation is 1. The number of piperidine rings is 1. The zero-order valence-corrected chi connectivity index (χ0v) is 19.4. The number of nitrogens with two attached hydrogens (primary N) is 1. The molecule has 7 rings (SSSR count). The number of aromatic amines is 1. The van der Waals surface area contributed by atoms with E-state index >= 15 is 0 Å². The smallest absolute Gasteiger partial charge is 0.183 e. The minimum Gasteiger partial charge on any atom is -0.355 e. The number of H-pyrrole nitrogens is 1. The van der Waals surface area contributed by atoms with Gasteiger partial charge in [0.1, 0.15) is 11.6 Å². The van der Waals surface area contributed by atoms with Crippen molar-refractivity contribution in [1.82, 2.24) is 25.1 Å². The van der Waals surface area contributed by atoms with Gasteiger partial charge in [-0.25, -0.2) is 14.4 Å². The van der Waals surface area contributed by atoms with Crippen LogP contribution < -0.4 is 15.5 Å². The quantitative estimate of drug-likeness (QED) is 0.459. The summed E-state index contributed by atoms with van der Waals surface area (Å²) in [5, 5.41) is 7.69. The summed E-state index contributed by atoms with van der Waals surface area (Å²) in [7, 11) is 0. The number of aromatic nitrogens is 5. The number of pyridine rings is 1. The molecule has 5 heterocycles. The Morgan fingerprint density at radius 2 is 2.00 bits per heavy atom. The van der Waals surface area contributed by atoms with E-state index in [4.69, 9.17) is 15.7 Å². The number of benzene rings is 1. The third-order valence-corrected chi connectivity index (χ3v) is 8.18. The van der Waals surface area contributed by atoms with Gasteiger partial charge in [0, 0.05) is 31.9 Å². The molecular formula is C26H27FN8. The Morgan fingerprint density at radius 1 is 1.11 bits per heavy atom. The van der Waals surface area contributed by atoms with Crippen molar-refractivity contribution in [2.75, 3.05) is 29.4 Å². The van der Waals surface area contributed by atoms with Crippen molar-refractivity contribution < 1.29 is 4.39 Å². The SMILES string of the molecule is N[C@@H]1c2cc(F)ccc2CC12CCN(c1cnc3c(N4CCCc5ncccc54)n[nH]c3n1)CC2. The molecule has 8 nitrogen and oxygen atoms in total. The van der Waals surface area contributed by atoms with Crippen LogP contribution in [0, 0.1) is 11.2 Å². The normalized spacial score (nSPS) is 20.9. The Balaban J connectivity index is 1.12. The topological polar surface area (TPSA) is 99.9 Å². The number of anilines is 3. The van der Waals surface area contributed by atoms with Crippen LogP contribution in [-0.4, -0.2) is 44.8 Å². The van der Waals surface area contributed by atoms with Crippen molar-refractivity contribution in [2.24, 2.45) is 11.1 Å². The number of hydrogen-bond donors (Lipinski definition) is 2. The lowest BCUT2D eigenvalue weighted by Gasteiger charge is -2.42. The standard InChI is InChI=1S/C26H27FN8/c27-17-6-5-16-14-26(23(28)18(16)13-17)7-11-34(12-8-26)21-15-30-22-24(31-21)32-33-25(22)35-10-2-3-19-20(35)4-1-9-29-19/h1,4-6,9,13,15,23H,2-3,7-8,10-12,14,28H2,(H,31,32,33)/t23-/m1/s1. The summed E-state index contributed by atoms with van der Waals surface area (Å²) in [6, 6.07) is 8.99. The maximum Gasteiger partial charge on any atom is 0.183 e. The molecule has 9 heteroatoms. The van der Waals surface area contributed by atoms with E-state index in [9.17, 15) is 4.39 Å². The highest BCUT2D eigenvalue weighted by molar-refractivity contribution is 5.87. The number of fused-ring (bicyclic) bond motifs is 3. The van der Waals surface area contributed by atoms with E-state index in [2.05, 4.69) is 31.0 Å². The molecule has 0 amide bonds. The van der Waals surface area contributed by atoms with Crippen molar-refractivity contribution >= 4 is 28.5 Å². The zero-order chi connectivity index (χ0) is 23.6. The van der Waals surface area contributed by atoms with E-state index in [-0.39, 0.29) is 17.3 Å². The van der Waals surface area contributed by atoms with Crippen LogP contribution >= 0.6 is 0 Å². The second kappa shape index (κ2) is 7.71. The average Bonchev–Trinajstić information content (AvgIpc) is 3.43. The molecule has 1 aromatic carbocycles. The third-order valence-electron chi connectivity index (χ3n) is 8.18. The first kappa shape index (κ1) is 20.8. The highest BCUT2D eigenvalue weighted by Crippen LogP contribution is 2.51. The fourth-order valence-electron chi connectivity index (χ4n) is 6.24. The van der Waals surface area contributed by atoms with Crippen LogP contribution in [0.25, 0.3) is 11.2 Å². The highest BCUT2D eigenvalue weighted by atomic mass is 19.1. The van der Waals surface area contributed by atoms with E-state index in [0.29, 0.717) is 5.65 Å². The Bertz CT molecular complexity index is 1420. The van der Waals surface area contributed by atoms with Gasteiger partial charge in [-0.2, -0.15) is 5.10 Å². The lowest BCUT2D eigenvalue weighted by Crippen LogP contribution is -2.44. The number of hydrogen-bond acceptors (Lipinski definition) is 7. The summed E-state index contributed by atoms with van der Waals surface area (Å²) in [6.45, 7) is 2.57. The summed E-state index contributed by atoms with van der Waals surface area (Å²) in [5.74, 6) is 1.44. The minimum atomic E-state index is -0.208. The molecule has 35 heavy (non-hydrogen) atoms. The van der Waals surface area contributed by atoms with E-state index in [1.165, 1.54) is 5.56 Å². The molecule has 3 aromatic heterocycles. The Kier molecular flexibility index (Phi) is 4.57. The van der Waals surface area contributed by atoms with Crippen LogP contribution in [0.3, 0.4) is 0 Å². The second-order valence-electron chi connectivity index (χ2n) is 10.0. The highest BCUT2D eigenvalue weighted by Gasteiger charge is 2.46. The van der Waals surface area contributed by atoms with Crippen LogP contribution in [-0.2, 0) is 12.8 Å². The third kappa shape index (κ3) is 3.21. The van der Waals surface area contributed by atoms with Gasteiger partial charge in [0.05, 0.1) is 17.6 Å². The molecule has 1 fully saturated rings. The first-order valence-corrected chi connectivity index (χ1v) is 12.3. The van der Waals surface area contributed by atoms with E-state index in [1.54, 1.807) is 12.1 Å². The summed E-state index contributed by atoms with van der Waals surface area (Å²) < 4.78 is 13.8. The van der Waals surface area contributed by atoms with Gasteiger partial charge in [0.25, 0.3) is 0 Å². The molecule has 2 aliphatic heterocycles. The molecule has 1 atom stereocenters. The van der Waals surface area contributed by atoms with Crippen molar-refractivity contribution in [1.29, 1.82) is 0 Å². The number of nitrogens with one attached hydrogen (secondary N) is 1. The first-order valence-electron chi connectivity index (χ1n) is 12.3. The first-order chi connectivity index (χ1) is 17.1. The van der Waals surface area contributed by atoms with Crippen molar-refractivity contribution in [2.45, 2.75) is 38.1 Å². The number of halogens is 1. The molecule has 1 spiro atoms. The lowest BCUT2D eigenvalue weighted by molar-refractivity contribution is 0.187. The molecule has 178 valence electrons. The minimum absolute atomic E-state index is 0.0129. The van der Waals surface area contributed by atoms with Gasteiger partial charge in [-0.15, -0.1) is 0 Å². The van der Waals surface area contributed by atoms with Gasteiger partial charge in [-0.1, -0.05) is 6.07 Å². The monoisotopic (exact) mass is 470 g/mol. The molecule has 0 unspecified atom stereocenters. The molecule has 3 N–H and O–H groups in total. The van der Waals surface area contributed by atoms with E-state index < -0.39 is 0 Å². The van der Waals surface area contributed by atoms with Gasteiger partial charge >= 0.3 is 0 Å². The molecule has 0 saturated carbocycles. The predicted molar refractivity (Wildman–Crippen MR) is 132 cm³/mol. The van der Waals surface area contributed by atoms with Crippen LogP contribution in [0.1, 0.15) is 42.1 Å². The van der Waals surface area contributed by atoms with Gasteiger partial charge in [-0.3, -0.25) is 10.1 Å². The summed E-state index contributed by atoms with van der Waals surface area (Å²) >= 11 is 0. The zero-order valence-electron chi connectivity index (χ0n) is 19.4. The molecule has 4 aromatic rings. The van der Waals surface area contributed by atoms with E-state index in [1.807, 2.05) is 24.5 Å². The van der Waals surface area contributed by atoms with Crippen LogP contribution in [0.5, 0.6) is 0 Å². The van der Waals surface area contributed by atoms with Gasteiger partial charge in [0.2, 0.25) is 0 Å². The number of nitrogens with zero attached hydrogens (tertiary/aromatic N) is 6. The molecule has 3 aliphatic rings. The summed E-state index contributed by atoms with van der Waals surface area (Å²) in [6.07, 6.45) is 8.49. The Morgan fingerprint density at radius 3 is 2.89 bits per heavy atom. The van der Waals surface area contributed by atoms with Crippen molar-refractivity contribution in [3.8, 4) is 0 Å². The maximum absolute atomic E-state index is 13.8. The lowest BCUT2D eigenvalue weighted by atomic mass is 9.73. The fourth-order valence-corrected chi connectivity index (χ4v) is 6.24. The predicted octanol–water partition coefficient (Wildman–Crippen LogP) is 3.81. The maximum atomic E-state index is 13.8. The van der Waals surface area contributed by atoms with Crippen molar-refractivity contribution in [3.05, 3.63) is 65.4 Å². The van der Waals surface area contributed by atoms with Crippen LogP contribution in [0.4, 0.5) is 21.7 Å². The fraction of sp³-hybridized carbons (Fsp3) is 0.385. The van der Waals surface area contributed by atoms with Gasteiger partial charge in [0.15, 0.2) is 17.0 Å². The van der Waals surface area contributed by atoms with Crippen LogP contribution in [0.15, 0.2) is 42.7 Å². The summed E-state index contributed by atoms with van der Waals surface area (Å²) in [5.41, 5.74) is 12.4. The van der Waals surface area contributed by atoms with Crippen LogP contribution in [0.2, 0.25) is 0 Å². The Hall–Kier alpha value is -3.59. The second-order valence-corrected chi connectivity index (χ2v) is 10.0. The van der Waals surface area contributed by atoms with Gasteiger partial charge < -0.3 is 15.5 Å². The Labute approximate surface area is 202 Å². The molecular weight excluding hydrogens is 443 g/mol.